The summed E-state index contributed by atoms with van der Waals surface area (Å²) < 4.78 is 1.01. The van der Waals surface area contributed by atoms with Crippen LogP contribution in [0.25, 0.3) is 0 Å². The van der Waals surface area contributed by atoms with E-state index in [4.69, 9.17) is 0 Å². The first kappa shape index (κ1) is 10.7. The van der Waals surface area contributed by atoms with Crippen LogP contribution < -0.4 is 0 Å². The summed E-state index contributed by atoms with van der Waals surface area (Å²) in [5, 5.41) is 1.02. The van der Waals surface area contributed by atoms with Crippen molar-refractivity contribution in [2.45, 2.75) is 16.8 Å². The highest BCUT2D eigenvalue weighted by atomic mass is 79.9. The number of benzene rings is 1. The second-order valence-electron chi connectivity index (χ2n) is 3.23. The van der Waals surface area contributed by atoms with Gasteiger partial charge in [-0.3, -0.25) is 0 Å². The molecule has 0 amide bonds. The molecule has 0 atom stereocenters. The zero-order valence-electron chi connectivity index (χ0n) is 8.27. The van der Waals surface area contributed by atoms with Gasteiger partial charge in [0, 0.05) is 15.6 Å². The lowest BCUT2D eigenvalue weighted by atomic mass is 10.2. The van der Waals surface area contributed by atoms with Gasteiger partial charge in [0.2, 0.25) is 0 Å². The van der Waals surface area contributed by atoms with Crippen molar-refractivity contribution in [3.63, 3.8) is 0 Å². The fourth-order valence-electron chi connectivity index (χ4n) is 1.15. The topological polar surface area (TPSA) is 12.9 Å². The van der Waals surface area contributed by atoms with Gasteiger partial charge in [-0.15, -0.1) is 0 Å². The van der Waals surface area contributed by atoms with Crippen LogP contribution in [0.2, 0.25) is 0 Å². The zero-order chi connectivity index (χ0) is 10.7. The molecule has 1 aromatic carbocycles. The van der Waals surface area contributed by atoms with E-state index >= 15 is 0 Å². The van der Waals surface area contributed by atoms with Crippen LogP contribution in [0.15, 0.2) is 57.0 Å². The molecule has 2 rings (SSSR count). The van der Waals surface area contributed by atoms with Crippen LogP contribution in [0.4, 0.5) is 0 Å². The van der Waals surface area contributed by atoms with Gasteiger partial charge in [-0.2, -0.15) is 0 Å². The molecule has 15 heavy (non-hydrogen) atoms. The number of nitrogens with zero attached hydrogens (tertiary/aromatic N) is 1. The molecule has 1 heterocycles. The second-order valence-corrected chi connectivity index (χ2v) is 5.24. The second kappa shape index (κ2) is 4.81. The number of rotatable bonds is 2. The predicted octanol–water partition coefficient (Wildman–Crippen LogP) is 4.30. The lowest BCUT2D eigenvalue weighted by Gasteiger charge is -2.01. The molecule has 0 saturated heterocycles. The minimum Gasteiger partial charge on any atom is -0.248 e. The van der Waals surface area contributed by atoms with E-state index in [-0.39, 0.29) is 0 Å². The molecule has 0 aliphatic heterocycles. The van der Waals surface area contributed by atoms with Crippen LogP contribution in [-0.4, -0.2) is 4.98 Å². The summed E-state index contributed by atoms with van der Waals surface area (Å²) >= 11 is 5.04. The Bertz CT molecular complexity index is 393. The van der Waals surface area contributed by atoms with Crippen molar-refractivity contribution in [2.24, 2.45) is 0 Å². The third-order valence-corrected chi connectivity index (χ3v) is 3.37. The van der Waals surface area contributed by atoms with Crippen molar-refractivity contribution in [3.8, 4) is 0 Å². The van der Waals surface area contributed by atoms with E-state index in [1.165, 1.54) is 10.5 Å². The molecule has 3 heteroatoms. The molecule has 2 aromatic rings. The largest absolute Gasteiger partial charge is 0.248 e. The molecule has 0 fully saturated rings. The average molecular weight is 280 g/mol. The Balaban J connectivity index is 2.15. The summed E-state index contributed by atoms with van der Waals surface area (Å²) in [5.41, 5.74) is 1.28. The van der Waals surface area contributed by atoms with Crippen LogP contribution in [-0.2, 0) is 0 Å². The normalized spacial score (nSPS) is 10.3. The molecule has 1 nitrogen and oxygen atoms in total. The smallest absolute Gasteiger partial charge is 0.101 e. The lowest BCUT2D eigenvalue weighted by molar-refractivity contribution is 1.12. The Morgan fingerprint density at radius 2 is 1.80 bits per heavy atom. The number of aromatic nitrogens is 1. The Morgan fingerprint density at radius 1 is 1.07 bits per heavy atom. The van der Waals surface area contributed by atoms with Crippen molar-refractivity contribution in [2.75, 3.05) is 0 Å². The Hall–Kier alpha value is -0.800. The highest BCUT2D eigenvalue weighted by Gasteiger charge is 1.97. The first-order valence-corrected chi connectivity index (χ1v) is 6.21. The lowest BCUT2D eigenvalue weighted by Crippen LogP contribution is -1.79. The van der Waals surface area contributed by atoms with Crippen molar-refractivity contribution >= 4 is 27.7 Å². The Labute approximate surface area is 102 Å². The molecule has 0 N–H and O–H groups in total. The van der Waals surface area contributed by atoms with E-state index in [1.54, 1.807) is 11.8 Å². The Morgan fingerprint density at radius 3 is 2.40 bits per heavy atom. The molecular weight excluding hydrogens is 270 g/mol. The summed E-state index contributed by atoms with van der Waals surface area (Å²) in [4.78, 5) is 5.53. The highest BCUT2D eigenvalue weighted by Crippen LogP contribution is 2.26. The number of aryl methyl sites for hydroxylation is 1. The van der Waals surface area contributed by atoms with E-state index in [0.29, 0.717) is 0 Å². The van der Waals surface area contributed by atoms with E-state index in [9.17, 15) is 0 Å². The maximum atomic E-state index is 4.31. The van der Waals surface area contributed by atoms with Crippen molar-refractivity contribution in [1.82, 2.24) is 4.98 Å². The fraction of sp³-hybridized carbons (Fsp3) is 0.0833. The van der Waals surface area contributed by atoms with Gasteiger partial charge < -0.3 is 0 Å². The monoisotopic (exact) mass is 279 g/mol. The maximum Gasteiger partial charge on any atom is 0.101 e. The van der Waals surface area contributed by atoms with Gasteiger partial charge in [0.05, 0.1) is 0 Å². The summed E-state index contributed by atoms with van der Waals surface area (Å²) in [6, 6.07) is 12.5. The zero-order valence-corrected chi connectivity index (χ0v) is 10.7. The van der Waals surface area contributed by atoms with Crippen molar-refractivity contribution in [3.05, 3.63) is 52.6 Å². The van der Waals surface area contributed by atoms with Gasteiger partial charge in [0.15, 0.2) is 0 Å². The van der Waals surface area contributed by atoms with Gasteiger partial charge in [0.1, 0.15) is 5.03 Å². The fourth-order valence-corrected chi connectivity index (χ4v) is 2.14. The SMILES string of the molecule is Cc1ccc(Sc2ccc(Br)cn2)cc1. The molecular formula is C12H10BrNS. The third kappa shape index (κ3) is 3.08. The van der Waals surface area contributed by atoms with Crippen LogP contribution in [0.1, 0.15) is 5.56 Å². The molecule has 0 bridgehead atoms. The molecule has 0 aliphatic rings. The maximum absolute atomic E-state index is 4.31. The predicted molar refractivity (Wildman–Crippen MR) is 67.2 cm³/mol. The van der Waals surface area contributed by atoms with Gasteiger partial charge >= 0.3 is 0 Å². The van der Waals surface area contributed by atoms with Crippen molar-refractivity contribution < 1.29 is 0 Å². The molecule has 76 valence electrons. The summed E-state index contributed by atoms with van der Waals surface area (Å²) in [7, 11) is 0. The molecule has 0 unspecified atom stereocenters. The van der Waals surface area contributed by atoms with Crippen molar-refractivity contribution in [1.29, 1.82) is 0 Å². The van der Waals surface area contributed by atoms with E-state index in [1.807, 2.05) is 18.3 Å². The first-order valence-electron chi connectivity index (χ1n) is 4.60. The minimum absolute atomic E-state index is 1.01. The van der Waals surface area contributed by atoms with Gasteiger partial charge in [0.25, 0.3) is 0 Å². The van der Waals surface area contributed by atoms with E-state index in [2.05, 4.69) is 52.1 Å². The average Bonchev–Trinajstić information content (AvgIpc) is 2.25. The van der Waals surface area contributed by atoms with E-state index < -0.39 is 0 Å². The standard InChI is InChI=1S/C12H10BrNS/c1-9-2-5-11(6-3-9)15-12-7-4-10(13)8-14-12/h2-8H,1H3. The van der Waals surface area contributed by atoms with Crippen LogP contribution in [0.3, 0.4) is 0 Å². The number of pyridine rings is 1. The van der Waals surface area contributed by atoms with Crippen LogP contribution >= 0.6 is 27.7 Å². The summed E-state index contributed by atoms with van der Waals surface area (Å²) in [5.74, 6) is 0. The highest BCUT2D eigenvalue weighted by molar-refractivity contribution is 9.10. The van der Waals surface area contributed by atoms with Gasteiger partial charge in [-0.25, -0.2) is 4.98 Å². The minimum atomic E-state index is 1.01. The van der Waals surface area contributed by atoms with Crippen LogP contribution in [0, 0.1) is 6.92 Å². The Kier molecular flexibility index (Phi) is 3.44. The first-order chi connectivity index (χ1) is 7.24. The van der Waals surface area contributed by atoms with Gasteiger partial charge in [-0.1, -0.05) is 29.5 Å². The van der Waals surface area contributed by atoms with E-state index in [0.717, 1.165) is 9.50 Å². The quantitative estimate of drug-likeness (QED) is 0.813. The summed E-state index contributed by atoms with van der Waals surface area (Å²) in [6.45, 7) is 2.09. The van der Waals surface area contributed by atoms with Crippen LogP contribution in [0.5, 0.6) is 0 Å². The molecule has 0 saturated carbocycles. The molecule has 0 radical (unpaired) electrons. The summed E-state index contributed by atoms with van der Waals surface area (Å²) in [6.07, 6.45) is 1.82. The molecule has 0 spiro atoms. The number of halogens is 1. The number of hydrogen-bond acceptors (Lipinski definition) is 2. The third-order valence-electron chi connectivity index (χ3n) is 1.94. The number of hydrogen-bond donors (Lipinski definition) is 0. The molecule has 1 aromatic heterocycles. The van der Waals surface area contributed by atoms with Gasteiger partial charge in [-0.05, 0) is 47.1 Å². The molecule has 0 aliphatic carbocycles.